The number of pyridine rings is 1. The summed E-state index contributed by atoms with van der Waals surface area (Å²) in [6, 6.07) is 24.0. The minimum Gasteiger partial charge on any atom is -0.495 e. The van der Waals surface area contributed by atoms with Gasteiger partial charge in [-0.2, -0.15) is 0 Å². The molecule has 1 saturated heterocycles. The minimum atomic E-state index is -0.162. The lowest BCUT2D eigenvalue weighted by Gasteiger charge is -2.29. The third-order valence-electron chi connectivity index (χ3n) is 6.24. The number of halogens is 1. The summed E-state index contributed by atoms with van der Waals surface area (Å²) in [6.45, 7) is 0. The lowest BCUT2D eigenvalue weighted by molar-refractivity contribution is 0.415. The summed E-state index contributed by atoms with van der Waals surface area (Å²) in [4.78, 5) is 8.85. The highest BCUT2D eigenvalue weighted by molar-refractivity contribution is 7.80. The quantitative estimate of drug-likeness (QED) is 0.337. The zero-order chi connectivity index (χ0) is 24.5. The summed E-state index contributed by atoms with van der Waals surface area (Å²) >= 11 is 12.4. The molecule has 0 unspecified atom stereocenters. The van der Waals surface area contributed by atoms with E-state index in [1.54, 1.807) is 7.11 Å². The molecule has 1 fully saturated rings. The number of ether oxygens (including phenoxy) is 1. The summed E-state index contributed by atoms with van der Waals surface area (Å²) in [7, 11) is 5.68. The van der Waals surface area contributed by atoms with Crippen LogP contribution in [0.4, 0.5) is 11.4 Å². The van der Waals surface area contributed by atoms with Crippen molar-refractivity contribution in [3.8, 4) is 11.4 Å². The van der Waals surface area contributed by atoms with Gasteiger partial charge in [-0.15, -0.1) is 0 Å². The maximum Gasteiger partial charge on any atom is 0.174 e. The molecule has 0 radical (unpaired) electrons. The predicted octanol–water partition coefficient (Wildman–Crippen LogP) is 5.78. The predicted molar refractivity (Wildman–Crippen MR) is 146 cm³/mol. The minimum absolute atomic E-state index is 0.153. The Balaban J connectivity index is 1.63. The molecule has 4 aromatic rings. The fourth-order valence-corrected chi connectivity index (χ4v) is 5.12. The van der Waals surface area contributed by atoms with E-state index in [4.69, 9.17) is 28.6 Å². The Kier molecular flexibility index (Phi) is 6.36. The van der Waals surface area contributed by atoms with Crippen LogP contribution in [0.2, 0.25) is 5.02 Å². The van der Waals surface area contributed by atoms with Crippen molar-refractivity contribution in [2.24, 2.45) is 0 Å². The largest absolute Gasteiger partial charge is 0.495 e. The van der Waals surface area contributed by atoms with Crippen molar-refractivity contribution in [2.75, 3.05) is 31.0 Å². The van der Waals surface area contributed by atoms with Crippen molar-refractivity contribution in [1.29, 1.82) is 0 Å². The van der Waals surface area contributed by atoms with Crippen molar-refractivity contribution in [2.45, 2.75) is 12.1 Å². The number of nitrogens with zero attached hydrogens (tertiary/aromatic N) is 4. The van der Waals surface area contributed by atoms with E-state index in [1.807, 2.05) is 56.7 Å². The highest BCUT2D eigenvalue weighted by Crippen LogP contribution is 2.43. The Hall–Kier alpha value is -3.55. The molecule has 8 heteroatoms. The van der Waals surface area contributed by atoms with Crippen LogP contribution in [-0.2, 0) is 0 Å². The van der Waals surface area contributed by atoms with E-state index in [-0.39, 0.29) is 12.1 Å². The van der Waals surface area contributed by atoms with Gasteiger partial charge in [-0.1, -0.05) is 17.7 Å². The van der Waals surface area contributed by atoms with Crippen LogP contribution in [0.25, 0.3) is 5.69 Å². The van der Waals surface area contributed by atoms with Gasteiger partial charge in [-0.05, 0) is 78.9 Å². The molecule has 1 N–H and O–H groups in total. The van der Waals surface area contributed by atoms with Crippen LogP contribution in [0, 0.1) is 0 Å². The molecule has 2 atom stereocenters. The zero-order valence-electron chi connectivity index (χ0n) is 19.7. The highest BCUT2D eigenvalue weighted by Gasteiger charge is 2.42. The summed E-state index contributed by atoms with van der Waals surface area (Å²) in [5.41, 5.74) is 5.09. The number of aromatic nitrogens is 2. The van der Waals surface area contributed by atoms with Crippen molar-refractivity contribution >= 4 is 40.3 Å². The number of thiocarbonyl (C=S) groups is 1. The smallest absolute Gasteiger partial charge is 0.174 e. The number of hydrogen-bond donors (Lipinski definition) is 1. The third-order valence-corrected chi connectivity index (χ3v) is 6.85. The molecular weight excluding hydrogens is 478 g/mol. The van der Waals surface area contributed by atoms with Crippen molar-refractivity contribution < 1.29 is 4.74 Å². The molecule has 0 bridgehead atoms. The number of benzene rings is 2. The van der Waals surface area contributed by atoms with Gasteiger partial charge in [-0.25, -0.2) is 0 Å². The van der Waals surface area contributed by atoms with Gasteiger partial charge >= 0.3 is 0 Å². The first-order valence-corrected chi connectivity index (χ1v) is 12.1. The molecule has 2 aromatic carbocycles. The SMILES string of the molecule is COc1ccc(N2C(=S)N[C@H](c3ccccn3)[C@@H]2c2cccn2-c2ccc(N(C)C)cc2)cc1Cl. The van der Waals surface area contributed by atoms with Crippen LogP contribution < -0.4 is 19.9 Å². The monoisotopic (exact) mass is 503 g/mol. The lowest BCUT2D eigenvalue weighted by atomic mass is 10.0. The first kappa shape index (κ1) is 23.2. The Morgan fingerprint density at radius 1 is 1.00 bits per heavy atom. The molecule has 35 heavy (non-hydrogen) atoms. The first-order chi connectivity index (χ1) is 17.0. The molecule has 1 aliphatic rings. The zero-order valence-corrected chi connectivity index (χ0v) is 21.3. The van der Waals surface area contributed by atoms with Gasteiger partial charge in [0.2, 0.25) is 0 Å². The highest BCUT2D eigenvalue weighted by atomic mass is 35.5. The molecule has 5 rings (SSSR count). The van der Waals surface area contributed by atoms with Gasteiger partial charge in [0.1, 0.15) is 11.8 Å². The van der Waals surface area contributed by atoms with Crippen LogP contribution in [0.5, 0.6) is 5.75 Å². The normalized spacial score (nSPS) is 17.4. The van der Waals surface area contributed by atoms with Crippen molar-refractivity contribution in [3.05, 3.63) is 102 Å². The Bertz CT molecular complexity index is 1340. The molecule has 0 amide bonds. The number of rotatable bonds is 6. The number of methoxy groups -OCH3 is 1. The second kappa shape index (κ2) is 9.60. The van der Waals surface area contributed by atoms with Crippen molar-refractivity contribution in [3.63, 3.8) is 0 Å². The summed E-state index contributed by atoms with van der Waals surface area (Å²) < 4.78 is 7.57. The lowest BCUT2D eigenvalue weighted by Crippen LogP contribution is -2.30. The van der Waals surface area contributed by atoms with Gasteiger partial charge in [0.15, 0.2) is 5.11 Å². The fraction of sp³-hybridized carbons (Fsp3) is 0.185. The maximum atomic E-state index is 6.51. The Morgan fingerprint density at radius 2 is 1.77 bits per heavy atom. The van der Waals surface area contributed by atoms with Crippen LogP contribution >= 0.6 is 23.8 Å². The second-order valence-electron chi connectivity index (χ2n) is 8.53. The Labute approximate surface area is 215 Å². The molecule has 1 aliphatic heterocycles. The van der Waals surface area contributed by atoms with Gasteiger partial charge in [0.25, 0.3) is 0 Å². The number of nitrogens with one attached hydrogen (secondary N) is 1. The van der Waals surface area contributed by atoms with Crippen LogP contribution in [0.3, 0.4) is 0 Å². The molecule has 6 nitrogen and oxygen atoms in total. The molecule has 2 aromatic heterocycles. The number of hydrogen-bond acceptors (Lipinski definition) is 4. The summed E-state index contributed by atoms with van der Waals surface area (Å²) in [6.07, 6.45) is 3.89. The summed E-state index contributed by atoms with van der Waals surface area (Å²) in [5.74, 6) is 0.621. The van der Waals surface area contributed by atoms with E-state index >= 15 is 0 Å². The average molecular weight is 504 g/mol. The topological polar surface area (TPSA) is 45.6 Å². The van der Waals surface area contributed by atoms with E-state index < -0.39 is 0 Å². The van der Waals surface area contributed by atoms with E-state index in [2.05, 4.69) is 67.3 Å². The molecule has 178 valence electrons. The van der Waals surface area contributed by atoms with Crippen LogP contribution in [0.1, 0.15) is 23.5 Å². The van der Waals surface area contributed by atoms with Gasteiger partial charge in [0, 0.05) is 49.2 Å². The molecule has 0 spiro atoms. The van der Waals surface area contributed by atoms with Crippen molar-refractivity contribution in [1.82, 2.24) is 14.9 Å². The van der Waals surface area contributed by atoms with Crippen LogP contribution in [0.15, 0.2) is 85.2 Å². The Morgan fingerprint density at radius 3 is 2.43 bits per heavy atom. The maximum absolute atomic E-state index is 6.51. The number of anilines is 2. The van der Waals surface area contributed by atoms with E-state index in [0.717, 1.165) is 28.5 Å². The summed E-state index contributed by atoms with van der Waals surface area (Å²) in [5, 5.41) is 4.65. The van der Waals surface area contributed by atoms with E-state index in [0.29, 0.717) is 15.9 Å². The fourth-order valence-electron chi connectivity index (χ4n) is 4.52. The molecule has 0 aliphatic carbocycles. The molecule has 0 saturated carbocycles. The molecular formula is C27H26ClN5OS. The third kappa shape index (κ3) is 4.33. The molecule has 3 heterocycles. The van der Waals surface area contributed by atoms with Crippen LogP contribution in [-0.4, -0.2) is 35.9 Å². The van der Waals surface area contributed by atoms with E-state index in [1.165, 1.54) is 0 Å². The van der Waals surface area contributed by atoms with Gasteiger partial charge in [-0.3, -0.25) is 4.98 Å². The van der Waals surface area contributed by atoms with Gasteiger partial charge < -0.3 is 24.4 Å². The average Bonchev–Trinajstić information content (AvgIpc) is 3.49. The van der Waals surface area contributed by atoms with Gasteiger partial charge in [0.05, 0.1) is 23.9 Å². The second-order valence-corrected chi connectivity index (χ2v) is 9.32. The first-order valence-electron chi connectivity index (χ1n) is 11.3. The standard InChI is InChI=1S/C27H26ClN5OS/c1-31(2)18-9-11-19(12-10-18)32-16-6-8-23(32)26-25(22-7-4-5-15-29-22)30-27(35)33(26)20-13-14-24(34-3)21(28)17-20/h4-17,25-26H,1-3H3,(H,30,35)/t25-,26+/m1/s1. The van der Waals surface area contributed by atoms with E-state index in [9.17, 15) is 0 Å².